The van der Waals surface area contributed by atoms with Crippen LogP contribution in [0.15, 0.2) is 47.2 Å². The summed E-state index contributed by atoms with van der Waals surface area (Å²) in [7, 11) is 0. The molecule has 0 unspecified atom stereocenters. The summed E-state index contributed by atoms with van der Waals surface area (Å²) < 4.78 is 1.000. The van der Waals surface area contributed by atoms with Gasteiger partial charge in [-0.25, -0.2) is 9.97 Å². The van der Waals surface area contributed by atoms with Gasteiger partial charge < -0.3 is 5.32 Å². The Morgan fingerprint density at radius 3 is 2.62 bits per heavy atom. The highest BCUT2D eigenvalue weighted by Gasteiger charge is 2.11. The lowest BCUT2D eigenvalue weighted by Crippen LogP contribution is -2.01. The molecule has 0 atom stereocenters. The minimum atomic E-state index is 0.129. The van der Waals surface area contributed by atoms with E-state index in [0.717, 1.165) is 20.9 Å². The third-order valence-corrected chi connectivity index (χ3v) is 4.07. The fraction of sp³-hybridized carbons (Fsp3) is 0. The second-order valence-corrected chi connectivity index (χ2v) is 5.52. The fourth-order valence-corrected chi connectivity index (χ4v) is 2.73. The normalized spacial score (nSPS) is 10.6. The number of nitrogens with one attached hydrogen (secondary N) is 1. The van der Waals surface area contributed by atoms with Crippen molar-refractivity contribution in [2.45, 2.75) is 0 Å². The van der Waals surface area contributed by atoms with Gasteiger partial charge in [0.1, 0.15) is 17.3 Å². The second-order valence-electron chi connectivity index (χ2n) is 4.31. The van der Waals surface area contributed by atoms with Crippen molar-refractivity contribution in [3.05, 3.63) is 57.9 Å². The van der Waals surface area contributed by atoms with Crippen LogP contribution in [0.2, 0.25) is 5.15 Å². The topological polar surface area (TPSA) is 54.9 Å². The van der Waals surface area contributed by atoms with Crippen LogP contribution in [0, 0.1) is 0 Å². The molecule has 0 amide bonds. The molecular weight excluding hydrogens is 354 g/mol. The number of aldehydes is 1. The van der Waals surface area contributed by atoms with Crippen LogP contribution in [0.1, 0.15) is 10.4 Å². The Labute approximate surface area is 134 Å². The number of rotatable bonds is 3. The van der Waals surface area contributed by atoms with Gasteiger partial charge in [0.2, 0.25) is 0 Å². The highest BCUT2D eigenvalue weighted by molar-refractivity contribution is 9.10. The minimum Gasteiger partial charge on any atom is -0.339 e. The van der Waals surface area contributed by atoms with E-state index in [-0.39, 0.29) is 10.7 Å². The van der Waals surface area contributed by atoms with Crippen LogP contribution >= 0.6 is 27.5 Å². The van der Waals surface area contributed by atoms with Crippen molar-refractivity contribution < 1.29 is 4.79 Å². The summed E-state index contributed by atoms with van der Waals surface area (Å²) in [4.78, 5) is 19.0. The summed E-state index contributed by atoms with van der Waals surface area (Å²) in [6.45, 7) is 0. The molecule has 3 aromatic rings. The van der Waals surface area contributed by atoms with Gasteiger partial charge in [-0.05, 0) is 17.5 Å². The SMILES string of the molecule is O=Cc1c(Cl)ncnc1Nc1ccc(Br)c2ccccc12. The molecular formula is C15H9BrClN3O. The quantitative estimate of drug-likeness (QED) is 0.546. The van der Waals surface area contributed by atoms with Gasteiger partial charge in [-0.3, -0.25) is 4.79 Å². The molecule has 0 saturated heterocycles. The Bertz CT molecular complexity index is 838. The first kappa shape index (κ1) is 14.0. The summed E-state index contributed by atoms with van der Waals surface area (Å²) in [5, 5.41) is 5.35. The highest BCUT2D eigenvalue weighted by atomic mass is 79.9. The monoisotopic (exact) mass is 361 g/mol. The first-order valence-electron chi connectivity index (χ1n) is 6.10. The van der Waals surface area contributed by atoms with Crippen molar-refractivity contribution in [2.75, 3.05) is 5.32 Å². The van der Waals surface area contributed by atoms with Crippen LogP contribution in [0.5, 0.6) is 0 Å². The van der Waals surface area contributed by atoms with Crippen LogP contribution in [0.4, 0.5) is 11.5 Å². The van der Waals surface area contributed by atoms with Crippen molar-refractivity contribution in [1.82, 2.24) is 9.97 Å². The maximum absolute atomic E-state index is 11.1. The lowest BCUT2D eigenvalue weighted by molar-refractivity contribution is 0.112. The number of hydrogen-bond acceptors (Lipinski definition) is 4. The van der Waals surface area contributed by atoms with E-state index < -0.39 is 0 Å². The molecule has 1 N–H and O–H groups in total. The van der Waals surface area contributed by atoms with Crippen molar-refractivity contribution in [3.8, 4) is 0 Å². The van der Waals surface area contributed by atoms with Gasteiger partial charge in [-0.15, -0.1) is 0 Å². The first-order chi connectivity index (χ1) is 10.2. The predicted molar refractivity (Wildman–Crippen MR) is 87.4 cm³/mol. The lowest BCUT2D eigenvalue weighted by Gasteiger charge is -2.11. The number of nitrogens with zero attached hydrogens (tertiary/aromatic N) is 2. The summed E-state index contributed by atoms with van der Waals surface area (Å²) in [5.74, 6) is 0.387. The number of carbonyl (C=O) groups is 1. The zero-order valence-corrected chi connectivity index (χ0v) is 13.0. The van der Waals surface area contributed by atoms with Crippen LogP contribution in [-0.4, -0.2) is 16.3 Å². The Morgan fingerprint density at radius 2 is 1.86 bits per heavy atom. The Hall–Kier alpha value is -1.98. The maximum atomic E-state index is 11.1. The van der Waals surface area contributed by atoms with Gasteiger partial charge in [0, 0.05) is 15.5 Å². The van der Waals surface area contributed by atoms with Gasteiger partial charge in [-0.2, -0.15) is 0 Å². The number of anilines is 2. The molecule has 0 fully saturated rings. The van der Waals surface area contributed by atoms with Crippen LogP contribution in [0.25, 0.3) is 10.8 Å². The van der Waals surface area contributed by atoms with E-state index >= 15 is 0 Å². The molecule has 21 heavy (non-hydrogen) atoms. The van der Waals surface area contributed by atoms with E-state index in [4.69, 9.17) is 11.6 Å². The highest BCUT2D eigenvalue weighted by Crippen LogP contribution is 2.32. The average molecular weight is 363 g/mol. The first-order valence-corrected chi connectivity index (χ1v) is 7.27. The number of aromatic nitrogens is 2. The van der Waals surface area contributed by atoms with Gasteiger partial charge in [-0.1, -0.05) is 51.8 Å². The molecule has 2 aromatic carbocycles. The summed E-state index contributed by atoms with van der Waals surface area (Å²) in [5.41, 5.74) is 1.08. The van der Waals surface area contributed by atoms with Crippen molar-refractivity contribution >= 4 is 56.1 Å². The van der Waals surface area contributed by atoms with E-state index in [1.807, 2.05) is 36.4 Å². The number of carbonyl (C=O) groups excluding carboxylic acids is 1. The molecule has 6 heteroatoms. The van der Waals surface area contributed by atoms with Crippen LogP contribution in [-0.2, 0) is 0 Å². The number of fused-ring (bicyclic) bond motifs is 1. The maximum Gasteiger partial charge on any atom is 0.156 e. The van der Waals surface area contributed by atoms with E-state index in [1.165, 1.54) is 6.33 Å². The second kappa shape index (κ2) is 5.79. The van der Waals surface area contributed by atoms with Crippen LogP contribution < -0.4 is 5.32 Å². The summed E-state index contributed by atoms with van der Waals surface area (Å²) in [6.07, 6.45) is 1.96. The lowest BCUT2D eigenvalue weighted by atomic mass is 10.1. The van der Waals surface area contributed by atoms with E-state index in [2.05, 4.69) is 31.2 Å². The molecule has 104 valence electrons. The molecule has 0 radical (unpaired) electrons. The van der Waals surface area contributed by atoms with Gasteiger partial charge in [0.25, 0.3) is 0 Å². The molecule has 0 bridgehead atoms. The molecule has 1 heterocycles. The fourth-order valence-electron chi connectivity index (χ4n) is 2.08. The Balaban J connectivity index is 2.13. The Kier molecular flexibility index (Phi) is 3.86. The third kappa shape index (κ3) is 2.62. The smallest absolute Gasteiger partial charge is 0.156 e. The summed E-state index contributed by atoms with van der Waals surface area (Å²) in [6, 6.07) is 11.8. The molecule has 0 spiro atoms. The standard InChI is InChI=1S/C15H9BrClN3O/c16-12-5-6-13(10-4-2-1-3-9(10)12)20-15-11(7-21)14(17)18-8-19-15/h1-8H,(H,18,19,20). The molecule has 0 aliphatic heterocycles. The zero-order chi connectivity index (χ0) is 14.8. The summed E-state index contributed by atoms with van der Waals surface area (Å²) >= 11 is 9.43. The van der Waals surface area contributed by atoms with Crippen molar-refractivity contribution in [1.29, 1.82) is 0 Å². The van der Waals surface area contributed by atoms with E-state index in [1.54, 1.807) is 0 Å². The van der Waals surface area contributed by atoms with Gasteiger partial charge >= 0.3 is 0 Å². The van der Waals surface area contributed by atoms with Crippen LogP contribution in [0.3, 0.4) is 0 Å². The third-order valence-electron chi connectivity index (χ3n) is 3.08. The molecule has 3 rings (SSSR count). The molecule has 1 aromatic heterocycles. The number of hydrogen-bond donors (Lipinski definition) is 1. The molecule has 0 aliphatic rings. The number of benzene rings is 2. The van der Waals surface area contributed by atoms with E-state index in [0.29, 0.717) is 12.1 Å². The predicted octanol–water partition coefficient (Wildman–Crippen LogP) is 4.60. The van der Waals surface area contributed by atoms with Crippen molar-refractivity contribution in [2.24, 2.45) is 0 Å². The largest absolute Gasteiger partial charge is 0.339 e. The minimum absolute atomic E-state index is 0.129. The van der Waals surface area contributed by atoms with E-state index in [9.17, 15) is 4.79 Å². The Morgan fingerprint density at radius 1 is 1.10 bits per heavy atom. The molecule has 0 saturated carbocycles. The zero-order valence-electron chi connectivity index (χ0n) is 10.7. The average Bonchev–Trinajstić information content (AvgIpc) is 2.51. The van der Waals surface area contributed by atoms with Gasteiger partial charge in [0.05, 0.1) is 5.56 Å². The van der Waals surface area contributed by atoms with Gasteiger partial charge in [0.15, 0.2) is 6.29 Å². The molecule has 0 aliphatic carbocycles. The van der Waals surface area contributed by atoms with Crippen molar-refractivity contribution in [3.63, 3.8) is 0 Å². The number of halogens is 2. The molecule has 4 nitrogen and oxygen atoms in total.